The van der Waals surface area contributed by atoms with Gasteiger partial charge >= 0.3 is 0 Å². The minimum absolute atomic E-state index is 0.111. The van der Waals surface area contributed by atoms with Crippen molar-refractivity contribution in [2.24, 2.45) is 5.92 Å². The van der Waals surface area contributed by atoms with E-state index in [0.29, 0.717) is 12.0 Å². The first kappa shape index (κ1) is 19.9. The van der Waals surface area contributed by atoms with Crippen LogP contribution in [0, 0.1) is 5.92 Å². The maximum Gasteiger partial charge on any atom is 0.249 e. The number of carbonyl (C=O) groups is 1. The zero-order chi connectivity index (χ0) is 19.2. The molecule has 3 aliphatic rings. The molecule has 2 aliphatic heterocycles. The minimum atomic E-state index is -0.202. The first-order valence-corrected chi connectivity index (χ1v) is 11.5. The lowest BCUT2D eigenvalue weighted by atomic mass is 9.76. The molecule has 1 amide bonds. The van der Waals surface area contributed by atoms with E-state index in [4.69, 9.17) is 4.74 Å². The molecule has 1 aromatic carbocycles. The Bertz CT molecular complexity index is 600. The van der Waals surface area contributed by atoms with Crippen LogP contribution in [-0.4, -0.2) is 49.2 Å². The van der Waals surface area contributed by atoms with Gasteiger partial charge in [-0.2, -0.15) is 0 Å². The number of carbonyl (C=O) groups excluding carboxylic acids is 1. The third kappa shape index (κ3) is 5.15. The molecule has 0 unspecified atom stereocenters. The fourth-order valence-corrected chi connectivity index (χ4v) is 5.38. The number of piperidine rings is 1. The third-order valence-electron chi connectivity index (χ3n) is 7.06. The SMILES string of the molecule is O=C(NC1CCN(C[C@H](c2ccccc2)C2CCCCC2)CC1)[C@H]1CCCO1. The van der Waals surface area contributed by atoms with Crippen molar-refractivity contribution < 1.29 is 9.53 Å². The first-order valence-electron chi connectivity index (χ1n) is 11.5. The lowest BCUT2D eigenvalue weighted by Crippen LogP contribution is -2.48. The predicted octanol–water partition coefficient (Wildman–Crippen LogP) is 4.11. The molecular formula is C24H36N2O2. The number of nitrogens with zero attached hydrogens (tertiary/aromatic N) is 1. The molecule has 28 heavy (non-hydrogen) atoms. The topological polar surface area (TPSA) is 41.6 Å². The number of hydrogen-bond donors (Lipinski definition) is 1. The summed E-state index contributed by atoms with van der Waals surface area (Å²) in [6, 6.07) is 11.5. The van der Waals surface area contributed by atoms with Crippen LogP contribution < -0.4 is 5.32 Å². The Morgan fingerprint density at radius 3 is 2.43 bits per heavy atom. The molecule has 1 N–H and O–H groups in total. The van der Waals surface area contributed by atoms with Crippen molar-refractivity contribution >= 4 is 5.91 Å². The Labute approximate surface area is 170 Å². The van der Waals surface area contributed by atoms with Gasteiger partial charge in [0.2, 0.25) is 5.91 Å². The zero-order valence-corrected chi connectivity index (χ0v) is 17.2. The largest absolute Gasteiger partial charge is 0.368 e. The van der Waals surface area contributed by atoms with Gasteiger partial charge in [-0.3, -0.25) is 4.79 Å². The molecule has 1 aromatic rings. The molecule has 1 aliphatic carbocycles. The van der Waals surface area contributed by atoms with Gasteiger partial charge in [0.05, 0.1) is 0 Å². The average molecular weight is 385 g/mol. The van der Waals surface area contributed by atoms with Crippen LogP contribution in [0.15, 0.2) is 30.3 Å². The number of ether oxygens (including phenoxy) is 1. The summed E-state index contributed by atoms with van der Waals surface area (Å²) >= 11 is 0. The maximum atomic E-state index is 12.3. The van der Waals surface area contributed by atoms with E-state index in [1.165, 1.54) is 44.2 Å². The molecule has 4 nitrogen and oxygen atoms in total. The average Bonchev–Trinajstić information content (AvgIpc) is 3.30. The minimum Gasteiger partial charge on any atom is -0.368 e. The summed E-state index contributed by atoms with van der Waals surface area (Å²) in [4.78, 5) is 15.0. The normalized spacial score (nSPS) is 26.2. The summed E-state index contributed by atoms with van der Waals surface area (Å²) < 4.78 is 5.52. The van der Waals surface area contributed by atoms with Crippen molar-refractivity contribution in [2.75, 3.05) is 26.2 Å². The highest BCUT2D eigenvalue weighted by atomic mass is 16.5. The van der Waals surface area contributed by atoms with Crippen LogP contribution in [-0.2, 0) is 9.53 Å². The van der Waals surface area contributed by atoms with Crippen molar-refractivity contribution in [3.63, 3.8) is 0 Å². The van der Waals surface area contributed by atoms with Crippen molar-refractivity contribution in [1.29, 1.82) is 0 Å². The third-order valence-corrected chi connectivity index (χ3v) is 7.06. The summed E-state index contributed by atoms with van der Waals surface area (Å²) in [6.45, 7) is 4.08. The Morgan fingerprint density at radius 2 is 1.75 bits per heavy atom. The number of amides is 1. The molecule has 2 atom stereocenters. The second-order valence-corrected chi connectivity index (χ2v) is 9.00. The molecule has 0 spiro atoms. The van der Waals surface area contributed by atoms with Gasteiger partial charge in [-0.15, -0.1) is 0 Å². The van der Waals surface area contributed by atoms with Crippen molar-refractivity contribution in [1.82, 2.24) is 10.2 Å². The summed E-state index contributed by atoms with van der Waals surface area (Å²) in [7, 11) is 0. The monoisotopic (exact) mass is 384 g/mol. The summed E-state index contributed by atoms with van der Waals surface area (Å²) in [6.07, 6.45) is 10.8. The fraction of sp³-hybridized carbons (Fsp3) is 0.708. The molecular weight excluding hydrogens is 348 g/mol. The Morgan fingerprint density at radius 1 is 1.00 bits per heavy atom. The summed E-state index contributed by atoms with van der Waals surface area (Å²) in [5.74, 6) is 1.59. The lowest BCUT2D eigenvalue weighted by molar-refractivity contribution is -0.131. The Balaban J connectivity index is 1.30. The van der Waals surface area contributed by atoms with Gasteiger partial charge in [0, 0.05) is 32.3 Å². The molecule has 2 saturated heterocycles. The Hall–Kier alpha value is -1.39. The van der Waals surface area contributed by atoms with E-state index in [2.05, 4.69) is 40.5 Å². The zero-order valence-electron chi connectivity index (χ0n) is 17.2. The molecule has 1 saturated carbocycles. The molecule has 0 radical (unpaired) electrons. The van der Waals surface area contributed by atoms with Gasteiger partial charge in [-0.05, 0) is 55.9 Å². The van der Waals surface area contributed by atoms with Crippen LogP contribution in [0.3, 0.4) is 0 Å². The molecule has 4 rings (SSSR count). The maximum absolute atomic E-state index is 12.3. The van der Waals surface area contributed by atoms with E-state index in [1.54, 1.807) is 0 Å². The number of nitrogens with one attached hydrogen (secondary N) is 1. The van der Waals surface area contributed by atoms with Crippen molar-refractivity contribution in [3.05, 3.63) is 35.9 Å². The van der Waals surface area contributed by atoms with Crippen molar-refractivity contribution in [3.8, 4) is 0 Å². The second kappa shape index (κ2) is 9.89. The van der Waals surface area contributed by atoms with Gasteiger partial charge in [-0.25, -0.2) is 0 Å². The number of benzene rings is 1. The van der Waals surface area contributed by atoms with Gasteiger partial charge in [0.1, 0.15) is 6.10 Å². The van der Waals surface area contributed by atoms with Gasteiger partial charge < -0.3 is 15.0 Å². The second-order valence-electron chi connectivity index (χ2n) is 9.00. The highest BCUT2D eigenvalue weighted by molar-refractivity contribution is 5.81. The fourth-order valence-electron chi connectivity index (χ4n) is 5.38. The van der Waals surface area contributed by atoms with E-state index >= 15 is 0 Å². The summed E-state index contributed by atoms with van der Waals surface area (Å²) in [5, 5.41) is 3.24. The standard InChI is InChI=1S/C24H36N2O2/c27-24(23-12-7-17-28-23)25-21-13-15-26(16-14-21)18-22(19-8-3-1-4-9-19)20-10-5-2-6-11-20/h1,3-4,8-9,20-23H,2,5-7,10-18H2,(H,25,27)/t22-,23-/m1/s1. The van der Waals surface area contributed by atoms with Crippen LogP contribution in [0.5, 0.6) is 0 Å². The molecule has 0 aromatic heterocycles. The van der Waals surface area contributed by atoms with Gasteiger partial charge in [0.15, 0.2) is 0 Å². The lowest BCUT2D eigenvalue weighted by Gasteiger charge is -2.38. The molecule has 0 bridgehead atoms. The molecule has 4 heteroatoms. The number of rotatable bonds is 6. The van der Waals surface area contributed by atoms with Crippen molar-refractivity contribution in [2.45, 2.75) is 75.9 Å². The van der Waals surface area contributed by atoms with Gasteiger partial charge in [0.25, 0.3) is 0 Å². The first-order chi connectivity index (χ1) is 13.8. The van der Waals surface area contributed by atoms with Crippen LogP contribution >= 0.6 is 0 Å². The quantitative estimate of drug-likeness (QED) is 0.802. The number of hydrogen-bond acceptors (Lipinski definition) is 3. The van der Waals surface area contributed by atoms with E-state index < -0.39 is 0 Å². The molecule has 3 fully saturated rings. The molecule has 154 valence electrons. The van der Waals surface area contributed by atoms with E-state index in [-0.39, 0.29) is 12.0 Å². The van der Waals surface area contributed by atoms with Crippen LogP contribution in [0.2, 0.25) is 0 Å². The van der Waals surface area contributed by atoms with Crippen LogP contribution in [0.1, 0.15) is 69.3 Å². The molecule has 2 heterocycles. The van der Waals surface area contributed by atoms with Crippen LogP contribution in [0.25, 0.3) is 0 Å². The Kier molecular flexibility index (Phi) is 7.03. The van der Waals surface area contributed by atoms with Crippen LogP contribution in [0.4, 0.5) is 0 Å². The van der Waals surface area contributed by atoms with Gasteiger partial charge in [-0.1, -0.05) is 49.6 Å². The smallest absolute Gasteiger partial charge is 0.249 e. The predicted molar refractivity (Wildman–Crippen MR) is 112 cm³/mol. The van der Waals surface area contributed by atoms with E-state index in [1.807, 2.05) is 0 Å². The number of likely N-dealkylation sites (tertiary alicyclic amines) is 1. The highest BCUT2D eigenvalue weighted by Crippen LogP contribution is 2.37. The highest BCUT2D eigenvalue weighted by Gasteiger charge is 2.30. The summed E-state index contributed by atoms with van der Waals surface area (Å²) in [5.41, 5.74) is 1.52. The van der Waals surface area contributed by atoms with E-state index in [0.717, 1.165) is 51.3 Å². The van der Waals surface area contributed by atoms with E-state index in [9.17, 15) is 4.79 Å².